The van der Waals surface area contributed by atoms with Gasteiger partial charge in [-0.15, -0.1) is 6.42 Å². The highest BCUT2D eigenvalue weighted by atomic mass is 35.5. The van der Waals surface area contributed by atoms with Gasteiger partial charge < -0.3 is 9.47 Å². The van der Waals surface area contributed by atoms with E-state index in [1.165, 1.54) is 12.0 Å². The van der Waals surface area contributed by atoms with Crippen molar-refractivity contribution in [2.24, 2.45) is 0 Å². The number of esters is 1. The summed E-state index contributed by atoms with van der Waals surface area (Å²) in [7, 11) is 1.25. The van der Waals surface area contributed by atoms with Crippen molar-refractivity contribution in [1.82, 2.24) is 4.90 Å². The third-order valence-corrected chi connectivity index (χ3v) is 4.63. The Hall–Kier alpha value is -2.01. The molecular weight excluding hydrogens is 370 g/mol. The fraction of sp³-hybridized carbons (Fsp3) is 0.188. The molecule has 0 saturated carbocycles. The SMILES string of the molecule is C#CCOc1ccc(/C=C2\SC(=S)N(CC(=O)OC)C2=O)cc1Cl. The molecule has 0 aliphatic carbocycles. The van der Waals surface area contributed by atoms with Crippen molar-refractivity contribution >= 4 is 57.9 Å². The van der Waals surface area contributed by atoms with Crippen LogP contribution in [-0.2, 0) is 14.3 Å². The lowest BCUT2D eigenvalue weighted by molar-refractivity contribution is -0.143. The van der Waals surface area contributed by atoms with Crippen molar-refractivity contribution in [3.05, 3.63) is 33.7 Å². The summed E-state index contributed by atoms with van der Waals surface area (Å²) in [6, 6.07) is 5.06. The molecule has 124 valence electrons. The van der Waals surface area contributed by atoms with E-state index >= 15 is 0 Å². The van der Waals surface area contributed by atoms with Crippen LogP contribution in [0, 0.1) is 12.3 Å². The lowest BCUT2D eigenvalue weighted by Gasteiger charge is -2.11. The second-order valence-electron chi connectivity index (χ2n) is 4.53. The topological polar surface area (TPSA) is 55.8 Å². The van der Waals surface area contributed by atoms with E-state index in [1.807, 2.05) is 0 Å². The summed E-state index contributed by atoms with van der Waals surface area (Å²) in [6.45, 7) is -0.0939. The number of nitrogens with zero attached hydrogens (tertiary/aromatic N) is 1. The third kappa shape index (κ3) is 4.29. The minimum atomic E-state index is -0.536. The number of thioether (sulfide) groups is 1. The van der Waals surface area contributed by atoms with E-state index in [2.05, 4.69) is 10.7 Å². The Kier molecular flexibility index (Phi) is 6.26. The Balaban J connectivity index is 2.18. The van der Waals surface area contributed by atoms with Gasteiger partial charge in [-0.05, 0) is 23.8 Å². The number of methoxy groups -OCH3 is 1. The third-order valence-electron chi connectivity index (χ3n) is 2.95. The predicted octanol–water partition coefficient (Wildman–Crippen LogP) is 2.73. The molecule has 2 rings (SSSR count). The molecule has 0 spiro atoms. The summed E-state index contributed by atoms with van der Waals surface area (Å²) in [5, 5.41) is 0.379. The maximum atomic E-state index is 12.3. The number of hydrogen-bond donors (Lipinski definition) is 0. The second-order valence-corrected chi connectivity index (χ2v) is 6.61. The zero-order valence-electron chi connectivity index (χ0n) is 12.6. The standard InChI is InChI=1S/C16H12ClNO4S2/c1-3-6-22-12-5-4-10(7-11(12)17)8-13-15(20)18(16(23)24-13)9-14(19)21-2/h1,4-5,7-8H,6,9H2,2H3/b13-8-. The minimum absolute atomic E-state index is 0.116. The van der Waals surface area contributed by atoms with Gasteiger partial charge in [0.25, 0.3) is 5.91 Å². The van der Waals surface area contributed by atoms with Gasteiger partial charge in [0.1, 0.15) is 23.2 Å². The first kappa shape index (κ1) is 18.3. The number of benzene rings is 1. The summed E-state index contributed by atoms with van der Waals surface area (Å²) in [5.41, 5.74) is 0.701. The Morgan fingerprint density at radius 3 is 2.92 bits per heavy atom. The van der Waals surface area contributed by atoms with Gasteiger partial charge in [0.05, 0.1) is 17.0 Å². The smallest absolute Gasteiger partial charge is 0.325 e. The van der Waals surface area contributed by atoms with Crippen LogP contribution in [0.2, 0.25) is 5.02 Å². The van der Waals surface area contributed by atoms with Gasteiger partial charge in [-0.3, -0.25) is 14.5 Å². The molecule has 0 unspecified atom stereocenters. The molecule has 1 heterocycles. The quantitative estimate of drug-likeness (QED) is 0.338. The van der Waals surface area contributed by atoms with Crippen LogP contribution in [0.25, 0.3) is 6.08 Å². The molecule has 1 aromatic rings. The first-order chi connectivity index (χ1) is 11.5. The van der Waals surface area contributed by atoms with Crippen LogP contribution in [0.3, 0.4) is 0 Å². The lowest BCUT2D eigenvalue weighted by atomic mass is 10.2. The van der Waals surface area contributed by atoms with Crippen LogP contribution in [0.5, 0.6) is 5.75 Å². The van der Waals surface area contributed by atoms with Crippen molar-refractivity contribution < 1.29 is 19.1 Å². The molecule has 1 saturated heterocycles. The van der Waals surface area contributed by atoms with Gasteiger partial charge in [0.2, 0.25) is 0 Å². The van der Waals surface area contributed by atoms with Gasteiger partial charge in [0.15, 0.2) is 0 Å². The molecule has 1 fully saturated rings. The molecule has 1 aliphatic rings. The molecule has 5 nitrogen and oxygen atoms in total. The van der Waals surface area contributed by atoms with E-state index in [1.54, 1.807) is 24.3 Å². The molecule has 0 atom stereocenters. The van der Waals surface area contributed by atoms with Gasteiger partial charge >= 0.3 is 5.97 Å². The average molecular weight is 382 g/mol. The number of carbonyl (C=O) groups is 2. The van der Waals surface area contributed by atoms with Crippen LogP contribution in [-0.4, -0.2) is 41.4 Å². The maximum absolute atomic E-state index is 12.3. The molecule has 0 radical (unpaired) electrons. The first-order valence-corrected chi connectivity index (χ1v) is 8.24. The van der Waals surface area contributed by atoms with E-state index in [0.29, 0.717) is 25.6 Å². The number of terminal acetylenes is 1. The van der Waals surface area contributed by atoms with Gasteiger partial charge in [-0.1, -0.05) is 47.6 Å². The Bertz CT molecular complexity index is 770. The van der Waals surface area contributed by atoms with Crippen LogP contribution >= 0.6 is 35.6 Å². The Morgan fingerprint density at radius 2 is 2.29 bits per heavy atom. The van der Waals surface area contributed by atoms with Crippen LogP contribution in [0.15, 0.2) is 23.1 Å². The van der Waals surface area contributed by atoms with Crippen molar-refractivity contribution in [2.45, 2.75) is 0 Å². The number of ether oxygens (including phenoxy) is 2. The fourth-order valence-electron chi connectivity index (χ4n) is 1.82. The van der Waals surface area contributed by atoms with E-state index in [-0.39, 0.29) is 19.1 Å². The predicted molar refractivity (Wildman–Crippen MR) is 97.7 cm³/mol. The van der Waals surface area contributed by atoms with Crippen LogP contribution < -0.4 is 4.74 Å². The molecule has 0 N–H and O–H groups in total. The Labute approximate surface area is 153 Å². The van der Waals surface area contributed by atoms with Gasteiger partial charge in [-0.25, -0.2) is 0 Å². The van der Waals surface area contributed by atoms with Gasteiger partial charge in [0, 0.05) is 0 Å². The fourth-order valence-corrected chi connectivity index (χ4v) is 3.32. The average Bonchev–Trinajstić information content (AvgIpc) is 2.81. The molecular formula is C16H12ClNO4S2. The summed E-state index contributed by atoms with van der Waals surface area (Å²) < 4.78 is 10.1. The van der Waals surface area contributed by atoms with Crippen LogP contribution in [0.4, 0.5) is 0 Å². The summed E-state index contributed by atoms with van der Waals surface area (Å²) in [5.74, 6) is 1.93. The van der Waals surface area contributed by atoms with Crippen LogP contribution in [0.1, 0.15) is 5.56 Å². The zero-order chi connectivity index (χ0) is 17.7. The number of halogens is 1. The van der Waals surface area contributed by atoms with Crippen molar-refractivity contribution in [3.8, 4) is 18.1 Å². The first-order valence-electron chi connectivity index (χ1n) is 6.64. The van der Waals surface area contributed by atoms with E-state index in [9.17, 15) is 9.59 Å². The normalized spacial score (nSPS) is 15.5. The highest BCUT2D eigenvalue weighted by molar-refractivity contribution is 8.26. The Morgan fingerprint density at radius 1 is 1.54 bits per heavy atom. The number of rotatable bonds is 5. The maximum Gasteiger partial charge on any atom is 0.325 e. The molecule has 24 heavy (non-hydrogen) atoms. The summed E-state index contributed by atoms with van der Waals surface area (Å²) >= 11 is 12.4. The zero-order valence-corrected chi connectivity index (χ0v) is 15.0. The highest BCUT2D eigenvalue weighted by Gasteiger charge is 2.33. The molecule has 1 aromatic carbocycles. The van der Waals surface area contributed by atoms with E-state index in [4.69, 9.17) is 35.0 Å². The summed E-state index contributed by atoms with van der Waals surface area (Å²) in [4.78, 5) is 25.3. The van der Waals surface area contributed by atoms with Crippen molar-refractivity contribution in [1.29, 1.82) is 0 Å². The number of carbonyl (C=O) groups excluding carboxylic acids is 2. The summed E-state index contributed by atoms with van der Waals surface area (Å²) in [6.07, 6.45) is 6.78. The van der Waals surface area contributed by atoms with E-state index in [0.717, 1.165) is 11.8 Å². The number of thiocarbonyl (C=S) groups is 1. The molecule has 8 heteroatoms. The number of hydrogen-bond acceptors (Lipinski definition) is 6. The number of amides is 1. The molecule has 0 bridgehead atoms. The second kappa shape index (κ2) is 8.20. The molecule has 1 amide bonds. The van der Waals surface area contributed by atoms with Crippen molar-refractivity contribution in [3.63, 3.8) is 0 Å². The largest absolute Gasteiger partial charge is 0.479 e. The monoisotopic (exact) mass is 381 g/mol. The van der Waals surface area contributed by atoms with E-state index < -0.39 is 5.97 Å². The van der Waals surface area contributed by atoms with Crippen molar-refractivity contribution in [2.75, 3.05) is 20.3 Å². The molecule has 0 aromatic heterocycles. The van der Waals surface area contributed by atoms with Gasteiger partial charge in [-0.2, -0.15) is 0 Å². The minimum Gasteiger partial charge on any atom is -0.479 e. The lowest BCUT2D eigenvalue weighted by Crippen LogP contribution is -2.33. The highest BCUT2D eigenvalue weighted by Crippen LogP contribution is 2.33. The molecule has 1 aliphatic heterocycles.